The van der Waals surface area contributed by atoms with E-state index in [2.05, 4.69) is 9.97 Å². The highest BCUT2D eigenvalue weighted by Gasteiger charge is 2.02. The van der Waals surface area contributed by atoms with Gasteiger partial charge < -0.3 is 9.47 Å². The predicted octanol–water partition coefficient (Wildman–Crippen LogP) is 3.36. The maximum atomic E-state index is 5.55. The Morgan fingerprint density at radius 2 is 1.67 bits per heavy atom. The van der Waals surface area contributed by atoms with Crippen LogP contribution in [0.1, 0.15) is 19.5 Å². The lowest BCUT2D eigenvalue weighted by molar-refractivity contribution is 0.242. The molecule has 18 heavy (non-hydrogen) atoms. The number of benzene rings is 1. The molecule has 0 unspecified atom stereocenters. The van der Waals surface area contributed by atoms with E-state index in [1.807, 2.05) is 51.1 Å². The lowest BCUT2D eigenvalue weighted by Gasteiger charge is -2.10. The molecule has 0 N–H and O–H groups in total. The second-order valence-electron chi connectivity index (χ2n) is 4.22. The zero-order valence-corrected chi connectivity index (χ0v) is 10.8. The summed E-state index contributed by atoms with van der Waals surface area (Å²) >= 11 is 0. The van der Waals surface area contributed by atoms with Gasteiger partial charge in [0.25, 0.3) is 0 Å². The van der Waals surface area contributed by atoms with Gasteiger partial charge in [-0.05, 0) is 51.1 Å². The van der Waals surface area contributed by atoms with Gasteiger partial charge in [-0.25, -0.2) is 9.97 Å². The van der Waals surface area contributed by atoms with E-state index < -0.39 is 0 Å². The second kappa shape index (κ2) is 5.49. The van der Waals surface area contributed by atoms with E-state index in [0.29, 0.717) is 11.8 Å². The summed E-state index contributed by atoms with van der Waals surface area (Å²) in [6.45, 7) is 5.88. The van der Waals surface area contributed by atoms with Crippen LogP contribution in [0.15, 0.2) is 36.5 Å². The van der Waals surface area contributed by atoms with E-state index in [1.54, 1.807) is 6.20 Å². The quantitative estimate of drug-likeness (QED) is 0.827. The number of aromatic nitrogens is 2. The van der Waals surface area contributed by atoms with Crippen LogP contribution in [-0.4, -0.2) is 16.1 Å². The molecule has 4 heteroatoms. The van der Waals surface area contributed by atoms with E-state index >= 15 is 0 Å². The van der Waals surface area contributed by atoms with E-state index in [1.165, 1.54) is 0 Å². The van der Waals surface area contributed by atoms with Gasteiger partial charge in [-0.2, -0.15) is 0 Å². The first-order chi connectivity index (χ1) is 8.63. The maximum Gasteiger partial charge on any atom is 0.322 e. The number of rotatable bonds is 4. The molecule has 1 aromatic heterocycles. The van der Waals surface area contributed by atoms with Crippen molar-refractivity contribution in [2.45, 2.75) is 26.9 Å². The fourth-order valence-corrected chi connectivity index (χ4v) is 1.44. The van der Waals surface area contributed by atoms with Gasteiger partial charge in [0, 0.05) is 11.9 Å². The predicted molar refractivity (Wildman–Crippen MR) is 69.0 cm³/mol. The first-order valence-corrected chi connectivity index (χ1v) is 5.88. The van der Waals surface area contributed by atoms with Gasteiger partial charge in [0.2, 0.25) is 0 Å². The molecule has 4 nitrogen and oxygen atoms in total. The van der Waals surface area contributed by atoms with Crippen molar-refractivity contribution in [1.82, 2.24) is 9.97 Å². The Kier molecular flexibility index (Phi) is 3.77. The lowest BCUT2D eigenvalue weighted by atomic mass is 10.3. The molecule has 0 bridgehead atoms. The van der Waals surface area contributed by atoms with Crippen molar-refractivity contribution in [3.05, 3.63) is 42.2 Å². The summed E-state index contributed by atoms with van der Waals surface area (Å²) in [6, 6.07) is 9.59. The molecule has 1 aromatic carbocycles. The molecule has 0 aliphatic rings. The second-order valence-corrected chi connectivity index (χ2v) is 4.22. The molecule has 1 heterocycles. The highest BCUT2D eigenvalue weighted by Crippen LogP contribution is 2.21. The van der Waals surface area contributed by atoms with E-state index in [4.69, 9.17) is 9.47 Å². The zero-order chi connectivity index (χ0) is 13.0. The summed E-state index contributed by atoms with van der Waals surface area (Å²) in [6.07, 6.45) is 1.84. The largest absolute Gasteiger partial charge is 0.491 e. The topological polar surface area (TPSA) is 44.2 Å². The monoisotopic (exact) mass is 244 g/mol. The van der Waals surface area contributed by atoms with Gasteiger partial charge in [-0.1, -0.05) is 0 Å². The average molecular weight is 244 g/mol. The van der Waals surface area contributed by atoms with Crippen LogP contribution in [0, 0.1) is 6.92 Å². The summed E-state index contributed by atoms with van der Waals surface area (Å²) in [4.78, 5) is 8.22. The minimum atomic E-state index is 0.164. The third-order valence-electron chi connectivity index (χ3n) is 2.18. The molecule has 0 radical (unpaired) electrons. The molecule has 0 fully saturated rings. The SMILES string of the molecule is Cc1ccnc(Oc2ccc(OC(C)C)cc2)n1. The zero-order valence-electron chi connectivity index (χ0n) is 10.8. The highest BCUT2D eigenvalue weighted by atomic mass is 16.5. The van der Waals surface area contributed by atoms with Crippen molar-refractivity contribution in [2.75, 3.05) is 0 Å². The third-order valence-corrected chi connectivity index (χ3v) is 2.18. The Bertz CT molecular complexity index is 509. The van der Waals surface area contributed by atoms with Crippen molar-refractivity contribution < 1.29 is 9.47 Å². The van der Waals surface area contributed by atoms with Crippen molar-refractivity contribution in [1.29, 1.82) is 0 Å². The van der Waals surface area contributed by atoms with Gasteiger partial charge in [0.05, 0.1) is 6.10 Å². The van der Waals surface area contributed by atoms with Crippen LogP contribution in [-0.2, 0) is 0 Å². The van der Waals surface area contributed by atoms with Crippen molar-refractivity contribution in [3.8, 4) is 17.5 Å². The fraction of sp³-hybridized carbons (Fsp3) is 0.286. The minimum Gasteiger partial charge on any atom is -0.491 e. The Morgan fingerprint density at radius 3 is 2.28 bits per heavy atom. The number of hydrogen-bond acceptors (Lipinski definition) is 4. The molecule has 0 saturated heterocycles. The molecular weight excluding hydrogens is 228 g/mol. The van der Waals surface area contributed by atoms with Crippen LogP contribution in [0.4, 0.5) is 0 Å². The molecule has 0 saturated carbocycles. The van der Waals surface area contributed by atoms with E-state index in [0.717, 1.165) is 11.4 Å². The van der Waals surface area contributed by atoms with Crippen molar-refractivity contribution >= 4 is 0 Å². The summed E-state index contributed by atoms with van der Waals surface area (Å²) in [5.41, 5.74) is 0.875. The van der Waals surface area contributed by atoms with Crippen LogP contribution in [0.25, 0.3) is 0 Å². The van der Waals surface area contributed by atoms with Gasteiger partial charge in [0.1, 0.15) is 11.5 Å². The lowest BCUT2D eigenvalue weighted by Crippen LogP contribution is -2.05. The summed E-state index contributed by atoms with van der Waals surface area (Å²) < 4.78 is 11.1. The third kappa shape index (κ3) is 3.45. The molecule has 0 aliphatic heterocycles. The van der Waals surface area contributed by atoms with Gasteiger partial charge in [0.15, 0.2) is 0 Å². The number of ether oxygens (including phenoxy) is 2. The molecule has 2 aromatic rings. The summed E-state index contributed by atoms with van der Waals surface area (Å²) in [5.74, 6) is 1.51. The molecule has 0 atom stereocenters. The van der Waals surface area contributed by atoms with Crippen molar-refractivity contribution in [3.63, 3.8) is 0 Å². The maximum absolute atomic E-state index is 5.55. The smallest absolute Gasteiger partial charge is 0.322 e. The summed E-state index contributed by atoms with van der Waals surface area (Å²) in [5, 5.41) is 0. The van der Waals surface area contributed by atoms with E-state index in [-0.39, 0.29) is 6.10 Å². The Labute approximate surface area is 107 Å². The van der Waals surface area contributed by atoms with E-state index in [9.17, 15) is 0 Å². The Morgan fingerprint density at radius 1 is 1.00 bits per heavy atom. The van der Waals surface area contributed by atoms with Crippen LogP contribution in [0.2, 0.25) is 0 Å². The van der Waals surface area contributed by atoms with Gasteiger partial charge in [-0.3, -0.25) is 0 Å². The molecule has 0 aliphatic carbocycles. The molecule has 94 valence electrons. The first kappa shape index (κ1) is 12.4. The highest BCUT2D eigenvalue weighted by molar-refractivity contribution is 5.32. The fourth-order valence-electron chi connectivity index (χ4n) is 1.44. The van der Waals surface area contributed by atoms with Crippen LogP contribution in [0.3, 0.4) is 0 Å². The standard InChI is InChI=1S/C14H16N2O2/c1-10(2)17-12-4-6-13(7-5-12)18-14-15-9-8-11(3)16-14/h4-10H,1-3H3. The van der Waals surface area contributed by atoms with Gasteiger partial charge >= 0.3 is 6.01 Å². The van der Waals surface area contributed by atoms with Crippen LogP contribution >= 0.6 is 0 Å². The van der Waals surface area contributed by atoms with Crippen LogP contribution in [0.5, 0.6) is 17.5 Å². The number of nitrogens with zero attached hydrogens (tertiary/aromatic N) is 2. The molecule has 0 spiro atoms. The first-order valence-electron chi connectivity index (χ1n) is 5.88. The van der Waals surface area contributed by atoms with Gasteiger partial charge in [-0.15, -0.1) is 0 Å². The number of hydrogen-bond donors (Lipinski definition) is 0. The molecule has 2 rings (SSSR count). The number of aryl methyl sites for hydroxylation is 1. The summed E-state index contributed by atoms with van der Waals surface area (Å²) in [7, 11) is 0. The minimum absolute atomic E-state index is 0.164. The Balaban J connectivity index is 2.06. The Hall–Kier alpha value is -2.10. The normalized spacial score (nSPS) is 10.4. The van der Waals surface area contributed by atoms with Crippen molar-refractivity contribution in [2.24, 2.45) is 0 Å². The van der Waals surface area contributed by atoms with Crippen LogP contribution < -0.4 is 9.47 Å². The average Bonchev–Trinajstić information content (AvgIpc) is 2.31. The molecular formula is C14H16N2O2. The molecule has 0 amide bonds.